The van der Waals surface area contributed by atoms with Crippen LogP contribution in [0.2, 0.25) is 0 Å². The van der Waals surface area contributed by atoms with Crippen LogP contribution < -0.4 is 44.3 Å². The number of carbonyl (C=O) groups is 1. The Hall–Kier alpha value is -2.59. The van der Waals surface area contributed by atoms with Gasteiger partial charge in [-0.3, -0.25) is 0 Å². The molecule has 0 spiro atoms. The van der Waals surface area contributed by atoms with Crippen LogP contribution >= 0.6 is 0 Å². The van der Waals surface area contributed by atoms with E-state index in [0.29, 0.717) is 30.4 Å². The Bertz CT molecular complexity index is 1090. The van der Waals surface area contributed by atoms with Gasteiger partial charge < -0.3 is 24.0 Å². The second-order valence-corrected chi connectivity index (χ2v) is 6.70. The van der Waals surface area contributed by atoms with Crippen LogP contribution in [0.15, 0.2) is 65.3 Å². The van der Waals surface area contributed by atoms with Crippen LogP contribution in [0.1, 0.15) is 5.69 Å². The van der Waals surface area contributed by atoms with E-state index in [-0.39, 0.29) is 29.6 Å². The number of rotatable bonds is 9. The zero-order valence-electron chi connectivity index (χ0n) is 16.2. The summed E-state index contributed by atoms with van der Waals surface area (Å²) in [6.07, 6.45) is 2.13. The molecule has 0 saturated carbocycles. The van der Waals surface area contributed by atoms with E-state index in [9.17, 15) is 18.3 Å². The molecule has 0 amide bonds. The van der Waals surface area contributed by atoms with Crippen molar-refractivity contribution in [1.82, 2.24) is 4.98 Å². The number of hydrogen-bond donors (Lipinski definition) is 0. The van der Waals surface area contributed by atoms with Crippen molar-refractivity contribution in [2.24, 2.45) is 0 Å². The number of oxazole rings is 1. The molecule has 0 aliphatic rings. The van der Waals surface area contributed by atoms with Crippen molar-refractivity contribution in [2.45, 2.75) is 6.42 Å². The molecule has 0 bridgehead atoms. The molecule has 0 aliphatic carbocycles. The molecule has 0 aliphatic heterocycles. The van der Waals surface area contributed by atoms with E-state index in [0.717, 1.165) is 21.6 Å². The third-order valence-corrected chi connectivity index (χ3v) is 4.31. The second-order valence-electron chi connectivity index (χ2n) is 5.97. The van der Waals surface area contributed by atoms with E-state index in [1.807, 2.05) is 30.3 Å². The minimum atomic E-state index is -2.54. The molecule has 0 saturated heterocycles. The predicted octanol–water partition coefficient (Wildman–Crippen LogP) is -1.84. The molecule has 0 radical (unpaired) electrons. The van der Waals surface area contributed by atoms with Crippen molar-refractivity contribution in [1.29, 1.82) is 0 Å². The van der Waals surface area contributed by atoms with Gasteiger partial charge in [-0.15, -0.1) is 0 Å². The fourth-order valence-corrected chi connectivity index (χ4v) is 2.98. The van der Waals surface area contributed by atoms with Gasteiger partial charge in [-0.2, -0.15) is 8.42 Å². The van der Waals surface area contributed by atoms with Gasteiger partial charge in [0.15, 0.2) is 0 Å². The quantitative estimate of drug-likeness (QED) is 0.284. The van der Waals surface area contributed by atoms with Gasteiger partial charge in [0.05, 0.1) is 24.8 Å². The van der Waals surface area contributed by atoms with Crippen LogP contribution in [0, 0.1) is 0 Å². The number of carboxylic acid groups (broad SMARTS) is 1. The summed E-state index contributed by atoms with van der Waals surface area (Å²) < 4.78 is 32.8. The van der Waals surface area contributed by atoms with Gasteiger partial charge in [0.1, 0.15) is 17.5 Å². The Kier molecular flexibility index (Phi) is 9.13. The molecule has 150 valence electrons. The second kappa shape index (κ2) is 11.6. The summed E-state index contributed by atoms with van der Waals surface area (Å²) in [5.41, 5.74) is 2.82. The minimum Gasteiger partial charge on any atom is -0.548 e. The Labute approximate surface area is 196 Å². The molecule has 30 heavy (non-hydrogen) atoms. The summed E-state index contributed by atoms with van der Waals surface area (Å²) in [6, 6.07) is 15.9. The van der Waals surface area contributed by atoms with Crippen molar-refractivity contribution in [3.05, 3.63) is 66.6 Å². The monoisotopic (exact) mass is 436 g/mol. The summed E-state index contributed by atoms with van der Waals surface area (Å²) in [4.78, 5) is 16.3. The number of carboxylic acids is 1. The van der Waals surface area contributed by atoms with Crippen LogP contribution in [-0.4, -0.2) is 38.0 Å². The fourth-order valence-electron chi connectivity index (χ4n) is 2.57. The van der Waals surface area contributed by atoms with Gasteiger partial charge >= 0.3 is 29.6 Å². The summed E-state index contributed by atoms with van der Waals surface area (Å²) in [6.45, 7) is -0.219. The summed E-state index contributed by atoms with van der Waals surface area (Å²) >= 11 is 0. The largest absolute Gasteiger partial charge is 1.00 e. The van der Waals surface area contributed by atoms with Crippen molar-refractivity contribution in [2.75, 3.05) is 18.1 Å². The standard InChI is InChI=1S/C20H18N2O6S.Na/c23-19(24)12-22(14-29(25)26)17-6-8-18(9-7-17)27-11-10-16-13-28-20(21-16)15-4-2-1-3-5-15;/h1-9,13-14H,10-12H2,(H,23,24);/q;+1/p-1. The molecule has 0 N–H and O–H groups in total. The first-order valence-corrected chi connectivity index (χ1v) is 9.77. The van der Waals surface area contributed by atoms with Gasteiger partial charge in [0, 0.05) is 17.7 Å². The molecule has 3 rings (SSSR count). The van der Waals surface area contributed by atoms with Crippen LogP contribution in [0.25, 0.3) is 11.5 Å². The van der Waals surface area contributed by atoms with E-state index in [1.165, 1.54) is 0 Å². The van der Waals surface area contributed by atoms with E-state index < -0.39 is 22.8 Å². The topological polar surface area (TPSA) is 113 Å². The van der Waals surface area contributed by atoms with E-state index in [1.54, 1.807) is 30.5 Å². The maximum absolute atomic E-state index is 10.9. The number of ether oxygens (including phenoxy) is 1. The Morgan fingerprint density at radius 3 is 2.47 bits per heavy atom. The number of aromatic nitrogens is 1. The molecule has 8 nitrogen and oxygen atoms in total. The van der Waals surface area contributed by atoms with Crippen LogP contribution in [0.5, 0.6) is 5.75 Å². The molecule has 1 aromatic heterocycles. The van der Waals surface area contributed by atoms with E-state index >= 15 is 0 Å². The Balaban J connectivity index is 0.00000320. The smallest absolute Gasteiger partial charge is 0.548 e. The third-order valence-electron chi connectivity index (χ3n) is 3.88. The van der Waals surface area contributed by atoms with Crippen molar-refractivity contribution < 1.29 is 57.0 Å². The van der Waals surface area contributed by atoms with Crippen molar-refractivity contribution >= 4 is 27.4 Å². The van der Waals surface area contributed by atoms with E-state index in [2.05, 4.69) is 4.98 Å². The average molecular weight is 436 g/mol. The molecule has 10 heteroatoms. The zero-order valence-corrected chi connectivity index (χ0v) is 19.0. The number of aliphatic carboxylic acids is 1. The summed E-state index contributed by atoms with van der Waals surface area (Å²) in [7, 11) is -2.54. The van der Waals surface area contributed by atoms with Gasteiger partial charge in [-0.1, -0.05) is 18.2 Å². The summed E-state index contributed by atoms with van der Waals surface area (Å²) in [5, 5.41) is 10.8. The molecule has 0 unspecified atom stereocenters. The molecular weight excluding hydrogens is 419 g/mol. The zero-order chi connectivity index (χ0) is 20.6. The number of anilines is 1. The Morgan fingerprint density at radius 1 is 1.13 bits per heavy atom. The minimum absolute atomic E-state index is 0. The van der Waals surface area contributed by atoms with Crippen molar-refractivity contribution in [3.63, 3.8) is 0 Å². The molecule has 2 aromatic carbocycles. The van der Waals surface area contributed by atoms with Gasteiger partial charge in [0.25, 0.3) is 0 Å². The van der Waals surface area contributed by atoms with Crippen LogP contribution in [0.4, 0.5) is 5.69 Å². The Morgan fingerprint density at radius 2 is 1.83 bits per heavy atom. The number of benzene rings is 2. The SMILES string of the molecule is O=C([O-])CN(C=S(=O)=O)c1ccc(OCCc2coc(-c3ccccc3)n2)cc1.[Na+]. The maximum Gasteiger partial charge on any atom is 1.00 e. The van der Waals surface area contributed by atoms with Crippen LogP contribution in [0.3, 0.4) is 0 Å². The molecule has 3 aromatic rings. The number of hydrogen-bond acceptors (Lipinski definition) is 7. The predicted molar refractivity (Wildman–Crippen MR) is 105 cm³/mol. The van der Waals surface area contributed by atoms with Crippen LogP contribution in [-0.2, 0) is 21.5 Å². The normalized spacial score (nSPS) is 10.0. The van der Waals surface area contributed by atoms with Gasteiger partial charge in [0.2, 0.25) is 16.2 Å². The summed E-state index contributed by atoms with van der Waals surface area (Å²) in [5.74, 6) is -0.295. The average Bonchev–Trinajstić information content (AvgIpc) is 3.17. The first-order chi connectivity index (χ1) is 14.0. The molecular formula is C20H17N2NaO6S. The maximum atomic E-state index is 10.9. The molecule has 0 atom stereocenters. The van der Waals surface area contributed by atoms with E-state index in [4.69, 9.17) is 9.15 Å². The number of nitrogens with zero attached hydrogens (tertiary/aromatic N) is 2. The molecule has 1 heterocycles. The first-order valence-electron chi connectivity index (χ1n) is 8.63. The van der Waals surface area contributed by atoms with Gasteiger partial charge in [-0.05, 0) is 36.4 Å². The fraction of sp³-hybridized carbons (Fsp3) is 0.150. The first kappa shape index (κ1) is 23.7. The van der Waals surface area contributed by atoms with Gasteiger partial charge in [-0.25, -0.2) is 4.98 Å². The third kappa shape index (κ3) is 7.03. The van der Waals surface area contributed by atoms with Crippen molar-refractivity contribution in [3.8, 4) is 17.2 Å². The molecule has 0 fully saturated rings. The number of carbonyl (C=O) groups excluding carboxylic acids is 1.